The Kier molecular flexibility index (Phi) is 3.62. The Bertz CT molecular complexity index is 578. The number of benzene rings is 1. The summed E-state index contributed by atoms with van der Waals surface area (Å²) in [7, 11) is 2.94. The molecule has 6 heteroatoms. The molecule has 0 atom stereocenters. The van der Waals surface area contributed by atoms with Gasteiger partial charge in [0.05, 0.1) is 12.7 Å². The monoisotopic (exact) mass is 276 g/mol. The molecular weight excluding hydrogens is 264 g/mol. The third-order valence-electron chi connectivity index (χ3n) is 2.72. The van der Waals surface area contributed by atoms with E-state index in [0.717, 1.165) is 5.56 Å². The third-order valence-corrected chi connectivity index (χ3v) is 3.10. The number of esters is 1. The molecule has 5 nitrogen and oxygen atoms in total. The van der Waals surface area contributed by atoms with Crippen molar-refractivity contribution in [1.29, 1.82) is 0 Å². The van der Waals surface area contributed by atoms with Gasteiger partial charge < -0.3 is 10.1 Å². The van der Waals surface area contributed by atoms with Crippen molar-refractivity contribution in [3.63, 3.8) is 0 Å². The molecule has 1 heterocycles. The van der Waals surface area contributed by atoms with Crippen LogP contribution in [0.25, 0.3) is 6.08 Å². The van der Waals surface area contributed by atoms with E-state index in [9.17, 15) is 9.59 Å². The van der Waals surface area contributed by atoms with Crippen LogP contribution in [-0.2, 0) is 9.53 Å². The molecule has 1 saturated heterocycles. The van der Waals surface area contributed by atoms with Gasteiger partial charge in [-0.3, -0.25) is 9.69 Å². The lowest BCUT2D eigenvalue weighted by Crippen LogP contribution is -2.25. The van der Waals surface area contributed by atoms with Gasteiger partial charge in [0.1, 0.15) is 5.70 Å². The lowest BCUT2D eigenvalue weighted by molar-refractivity contribution is -0.121. The van der Waals surface area contributed by atoms with E-state index in [0.29, 0.717) is 16.4 Å². The van der Waals surface area contributed by atoms with Gasteiger partial charge in [0.25, 0.3) is 5.91 Å². The summed E-state index contributed by atoms with van der Waals surface area (Å²) in [5, 5.41) is 3.20. The first-order chi connectivity index (χ1) is 9.02. The van der Waals surface area contributed by atoms with E-state index in [1.165, 1.54) is 12.0 Å². The van der Waals surface area contributed by atoms with Gasteiger partial charge in [0, 0.05) is 7.05 Å². The number of methoxy groups -OCH3 is 1. The Morgan fingerprint density at radius 3 is 2.47 bits per heavy atom. The van der Waals surface area contributed by atoms with Crippen LogP contribution in [0.15, 0.2) is 30.0 Å². The average molecular weight is 276 g/mol. The Balaban J connectivity index is 2.23. The van der Waals surface area contributed by atoms with Crippen molar-refractivity contribution >= 4 is 35.3 Å². The van der Waals surface area contributed by atoms with Crippen LogP contribution in [0.3, 0.4) is 0 Å². The first-order valence-corrected chi connectivity index (χ1v) is 5.93. The Hall–Kier alpha value is -2.21. The second kappa shape index (κ2) is 5.19. The number of rotatable bonds is 2. The molecule has 0 radical (unpaired) electrons. The Morgan fingerprint density at radius 2 is 2.00 bits per heavy atom. The van der Waals surface area contributed by atoms with Crippen molar-refractivity contribution in [2.24, 2.45) is 0 Å². The minimum atomic E-state index is -0.393. The zero-order valence-corrected chi connectivity index (χ0v) is 11.3. The van der Waals surface area contributed by atoms with E-state index in [2.05, 4.69) is 10.1 Å². The van der Waals surface area contributed by atoms with E-state index in [-0.39, 0.29) is 5.91 Å². The maximum Gasteiger partial charge on any atom is 0.337 e. The van der Waals surface area contributed by atoms with Crippen molar-refractivity contribution in [1.82, 2.24) is 10.2 Å². The van der Waals surface area contributed by atoms with Crippen LogP contribution < -0.4 is 5.32 Å². The van der Waals surface area contributed by atoms with Crippen molar-refractivity contribution < 1.29 is 14.3 Å². The molecule has 1 aromatic rings. The Labute approximate surface area is 115 Å². The molecule has 98 valence electrons. The summed E-state index contributed by atoms with van der Waals surface area (Å²) in [6.07, 6.45) is 1.68. The minimum absolute atomic E-state index is 0.179. The molecule has 0 spiro atoms. The summed E-state index contributed by atoms with van der Waals surface area (Å²) in [4.78, 5) is 24.4. The molecular formula is C13H12N2O3S. The highest BCUT2D eigenvalue weighted by molar-refractivity contribution is 7.80. The van der Waals surface area contributed by atoms with Crippen LogP contribution in [0.4, 0.5) is 0 Å². The number of carbonyl (C=O) groups is 2. The third kappa shape index (κ3) is 2.63. The number of thiocarbonyl (C=S) groups is 1. The van der Waals surface area contributed by atoms with Gasteiger partial charge in [0.2, 0.25) is 0 Å². The SMILES string of the molecule is COC(=O)c1ccc(/C=C2\NC(=S)N(C)C2=O)cc1. The molecule has 1 amide bonds. The normalized spacial score (nSPS) is 16.7. The largest absolute Gasteiger partial charge is 0.465 e. The van der Waals surface area contributed by atoms with Gasteiger partial charge in [-0.1, -0.05) is 12.1 Å². The molecule has 0 bridgehead atoms. The highest BCUT2D eigenvalue weighted by atomic mass is 32.1. The summed E-state index contributed by atoms with van der Waals surface area (Å²) >= 11 is 4.97. The first kappa shape index (κ1) is 13.2. The number of hydrogen-bond acceptors (Lipinski definition) is 4. The molecule has 1 fully saturated rings. The van der Waals surface area contributed by atoms with Crippen LogP contribution in [0.1, 0.15) is 15.9 Å². The summed E-state index contributed by atoms with van der Waals surface area (Å²) in [5.41, 5.74) is 1.67. The average Bonchev–Trinajstić information content (AvgIpc) is 2.66. The number of carbonyl (C=O) groups excluding carboxylic acids is 2. The number of nitrogens with zero attached hydrogens (tertiary/aromatic N) is 1. The van der Waals surface area contributed by atoms with Crippen molar-refractivity contribution in [2.75, 3.05) is 14.2 Å². The lowest BCUT2D eigenvalue weighted by Gasteiger charge is -2.02. The van der Waals surface area contributed by atoms with Crippen molar-refractivity contribution in [2.45, 2.75) is 0 Å². The van der Waals surface area contributed by atoms with Gasteiger partial charge in [-0.15, -0.1) is 0 Å². The van der Waals surface area contributed by atoms with Crippen LogP contribution in [-0.4, -0.2) is 36.0 Å². The smallest absolute Gasteiger partial charge is 0.337 e. The summed E-state index contributed by atoms with van der Waals surface area (Å²) < 4.78 is 4.61. The van der Waals surface area contributed by atoms with Crippen LogP contribution in [0.2, 0.25) is 0 Å². The molecule has 19 heavy (non-hydrogen) atoms. The molecule has 0 unspecified atom stereocenters. The second-order valence-corrected chi connectivity index (χ2v) is 4.35. The maximum absolute atomic E-state index is 11.8. The minimum Gasteiger partial charge on any atom is -0.465 e. The fourth-order valence-electron chi connectivity index (χ4n) is 1.62. The van der Waals surface area contributed by atoms with E-state index in [4.69, 9.17) is 12.2 Å². The topological polar surface area (TPSA) is 58.6 Å². The maximum atomic E-state index is 11.8. The van der Waals surface area contributed by atoms with Crippen LogP contribution >= 0.6 is 12.2 Å². The number of amides is 1. The van der Waals surface area contributed by atoms with Crippen molar-refractivity contribution in [3.05, 3.63) is 41.1 Å². The zero-order valence-electron chi connectivity index (χ0n) is 10.5. The summed E-state index contributed by atoms with van der Waals surface area (Å²) in [5.74, 6) is -0.572. The molecule has 1 N–H and O–H groups in total. The molecule has 0 aliphatic carbocycles. The molecule has 1 aliphatic heterocycles. The molecule has 0 saturated carbocycles. The molecule has 1 aromatic carbocycles. The van der Waals surface area contributed by atoms with Gasteiger partial charge in [-0.25, -0.2) is 4.79 Å². The van der Waals surface area contributed by atoms with E-state index < -0.39 is 5.97 Å². The second-order valence-electron chi connectivity index (χ2n) is 3.97. The van der Waals surface area contributed by atoms with E-state index in [1.54, 1.807) is 37.4 Å². The first-order valence-electron chi connectivity index (χ1n) is 5.52. The fraction of sp³-hybridized carbons (Fsp3) is 0.154. The fourth-order valence-corrected chi connectivity index (χ4v) is 1.82. The molecule has 1 aliphatic rings. The lowest BCUT2D eigenvalue weighted by atomic mass is 10.1. The van der Waals surface area contributed by atoms with Crippen LogP contribution in [0, 0.1) is 0 Å². The molecule has 2 rings (SSSR count). The van der Waals surface area contributed by atoms with Gasteiger partial charge in [-0.2, -0.15) is 0 Å². The standard InChI is InChI=1S/C13H12N2O3S/c1-15-11(16)10(14-13(15)19)7-8-3-5-9(6-4-8)12(17)18-2/h3-7H,1-2H3,(H,14,19)/b10-7-. The Morgan fingerprint density at radius 1 is 1.37 bits per heavy atom. The van der Waals surface area contributed by atoms with E-state index in [1.807, 2.05) is 0 Å². The quantitative estimate of drug-likeness (QED) is 0.499. The highest BCUT2D eigenvalue weighted by Crippen LogP contribution is 2.13. The predicted octanol–water partition coefficient (Wildman–Crippen LogP) is 1.16. The van der Waals surface area contributed by atoms with Gasteiger partial charge in [-0.05, 0) is 36.0 Å². The number of nitrogens with one attached hydrogen (secondary N) is 1. The van der Waals surface area contributed by atoms with E-state index >= 15 is 0 Å². The predicted molar refractivity (Wildman–Crippen MR) is 74.3 cm³/mol. The summed E-state index contributed by atoms with van der Waals surface area (Å²) in [6.45, 7) is 0. The van der Waals surface area contributed by atoms with Gasteiger partial charge in [0.15, 0.2) is 5.11 Å². The summed E-state index contributed by atoms with van der Waals surface area (Å²) in [6, 6.07) is 6.74. The van der Waals surface area contributed by atoms with Crippen LogP contribution in [0.5, 0.6) is 0 Å². The molecule has 0 aromatic heterocycles. The van der Waals surface area contributed by atoms with Crippen molar-refractivity contribution in [3.8, 4) is 0 Å². The highest BCUT2D eigenvalue weighted by Gasteiger charge is 2.26. The number of likely N-dealkylation sites (N-methyl/N-ethyl adjacent to an activating group) is 1. The number of ether oxygens (including phenoxy) is 1. The number of hydrogen-bond donors (Lipinski definition) is 1. The van der Waals surface area contributed by atoms with Gasteiger partial charge >= 0.3 is 5.97 Å². The zero-order chi connectivity index (χ0) is 14.0.